The summed E-state index contributed by atoms with van der Waals surface area (Å²) in [6.45, 7) is 4.24. The molecular weight excluding hydrogens is 267 g/mol. The van der Waals surface area contributed by atoms with Gasteiger partial charge in [-0.05, 0) is 33.7 Å². The van der Waals surface area contributed by atoms with Crippen molar-refractivity contribution >= 4 is 61.9 Å². The van der Waals surface area contributed by atoms with E-state index >= 15 is 0 Å². The Morgan fingerprint density at radius 3 is 2.14 bits per heavy atom. The van der Waals surface area contributed by atoms with Gasteiger partial charge in [0.25, 0.3) is 0 Å². The van der Waals surface area contributed by atoms with Crippen LogP contribution in [0.25, 0.3) is 32.3 Å². The molecule has 0 aliphatic carbocycles. The second kappa shape index (κ2) is 5.69. The van der Waals surface area contributed by atoms with E-state index in [-0.39, 0.29) is 29.6 Å². The van der Waals surface area contributed by atoms with Gasteiger partial charge in [-0.2, -0.15) is 0 Å². The Hall–Kier alpha value is -1.54. The summed E-state index contributed by atoms with van der Waals surface area (Å²) in [5.74, 6) is 0.927. The van der Waals surface area contributed by atoms with Crippen LogP contribution in [-0.2, 0) is 0 Å². The third-order valence-corrected chi connectivity index (χ3v) is 3.85. The number of hydrogen-bond acceptors (Lipinski definition) is 1. The van der Waals surface area contributed by atoms with Crippen LogP contribution in [0.15, 0.2) is 67.3 Å². The van der Waals surface area contributed by atoms with Gasteiger partial charge in [-0.1, -0.05) is 55.1 Å². The summed E-state index contributed by atoms with van der Waals surface area (Å²) in [5.41, 5.74) is 0. The zero-order valence-electron chi connectivity index (χ0n) is 11.1. The van der Waals surface area contributed by atoms with Crippen LogP contribution in [0, 0.1) is 0 Å². The first-order valence-electron chi connectivity index (χ1n) is 6.79. The molecule has 0 fully saturated rings. The van der Waals surface area contributed by atoms with Crippen LogP contribution in [0.3, 0.4) is 0 Å². The molecule has 0 saturated carbocycles. The summed E-state index contributed by atoms with van der Waals surface area (Å²) in [5, 5.41) is 7.61. The summed E-state index contributed by atoms with van der Waals surface area (Å²) in [6.07, 6.45) is 1.78. The molecular formula is C19H15NaO. The predicted octanol–water partition coefficient (Wildman–Crippen LogP) is 4.50. The first-order valence-corrected chi connectivity index (χ1v) is 6.79. The summed E-state index contributed by atoms with van der Waals surface area (Å²) >= 11 is 0. The summed E-state index contributed by atoms with van der Waals surface area (Å²) in [6, 6.07) is 19.3. The Labute approximate surface area is 145 Å². The molecule has 0 radical (unpaired) electrons. The van der Waals surface area contributed by atoms with Crippen molar-refractivity contribution in [2.75, 3.05) is 6.61 Å². The van der Waals surface area contributed by atoms with Crippen molar-refractivity contribution in [1.82, 2.24) is 0 Å². The Morgan fingerprint density at radius 2 is 1.43 bits per heavy atom. The number of hydrogen-bond donors (Lipinski definition) is 0. The van der Waals surface area contributed by atoms with Gasteiger partial charge < -0.3 is 4.74 Å². The molecule has 0 spiro atoms. The van der Waals surface area contributed by atoms with Crippen LogP contribution in [0.5, 0.6) is 5.75 Å². The van der Waals surface area contributed by atoms with Crippen LogP contribution >= 0.6 is 0 Å². The molecule has 0 bridgehead atoms. The zero-order chi connectivity index (χ0) is 13.5. The minimum atomic E-state index is 0. The van der Waals surface area contributed by atoms with E-state index in [0.717, 1.165) is 5.75 Å². The van der Waals surface area contributed by atoms with Crippen LogP contribution in [-0.4, -0.2) is 36.2 Å². The molecule has 2 heteroatoms. The predicted molar refractivity (Wildman–Crippen MR) is 93.0 cm³/mol. The van der Waals surface area contributed by atoms with Gasteiger partial charge >= 0.3 is 29.6 Å². The first kappa shape index (κ1) is 14.4. The van der Waals surface area contributed by atoms with Crippen LogP contribution in [0.1, 0.15) is 0 Å². The SMILES string of the molecule is C=CCOc1ccc2ccc3cccc4ccc1c2c34.[NaH]. The van der Waals surface area contributed by atoms with Gasteiger partial charge in [0, 0.05) is 10.8 Å². The maximum atomic E-state index is 5.79. The Kier molecular flexibility index (Phi) is 3.90. The monoisotopic (exact) mass is 282 g/mol. The molecule has 0 amide bonds. The molecule has 4 rings (SSSR count). The standard InChI is InChI=1S/C19H14O.Na.H/c1-2-12-20-17-11-9-15-7-6-13-4-3-5-14-8-10-16(17)19(15)18(13)14;;/h2-11H,1,12H2;;. The Balaban J connectivity index is 0.00000132. The van der Waals surface area contributed by atoms with E-state index in [2.05, 4.69) is 55.1 Å². The van der Waals surface area contributed by atoms with Gasteiger partial charge in [-0.25, -0.2) is 0 Å². The Morgan fingerprint density at radius 1 is 0.810 bits per heavy atom. The second-order valence-corrected chi connectivity index (χ2v) is 5.02. The average molecular weight is 282 g/mol. The van der Waals surface area contributed by atoms with Gasteiger partial charge in [0.2, 0.25) is 0 Å². The fourth-order valence-corrected chi connectivity index (χ4v) is 2.98. The first-order chi connectivity index (χ1) is 9.88. The van der Waals surface area contributed by atoms with Gasteiger partial charge in [-0.15, -0.1) is 0 Å². The van der Waals surface area contributed by atoms with E-state index in [1.165, 1.54) is 32.3 Å². The number of rotatable bonds is 3. The molecule has 0 saturated heterocycles. The van der Waals surface area contributed by atoms with Crippen LogP contribution < -0.4 is 4.74 Å². The van der Waals surface area contributed by atoms with Crippen LogP contribution in [0.2, 0.25) is 0 Å². The molecule has 0 unspecified atom stereocenters. The molecule has 4 aromatic carbocycles. The number of benzene rings is 4. The topological polar surface area (TPSA) is 9.23 Å². The van der Waals surface area contributed by atoms with Gasteiger partial charge in [0.1, 0.15) is 12.4 Å². The molecule has 0 N–H and O–H groups in total. The van der Waals surface area contributed by atoms with Crippen molar-refractivity contribution in [2.24, 2.45) is 0 Å². The number of ether oxygens (including phenoxy) is 1. The molecule has 21 heavy (non-hydrogen) atoms. The van der Waals surface area contributed by atoms with E-state index in [1.807, 2.05) is 6.07 Å². The van der Waals surface area contributed by atoms with Gasteiger partial charge in [0.05, 0.1) is 0 Å². The second-order valence-electron chi connectivity index (χ2n) is 5.02. The molecule has 0 aromatic heterocycles. The van der Waals surface area contributed by atoms with Crippen molar-refractivity contribution < 1.29 is 4.74 Å². The summed E-state index contributed by atoms with van der Waals surface area (Å²) in [7, 11) is 0. The van der Waals surface area contributed by atoms with E-state index in [1.54, 1.807) is 6.08 Å². The minimum absolute atomic E-state index is 0. The van der Waals surface area contributed by atoms with E-state index < -0.39 is 0 Å². The third-order valence-electron chi connectivity index (χ3n) is 3.85. The van der Waals surface area contributed by atoms with E-state index in [4.69, 9.17) is 4.74 Å². The normalized spacial score (nSPS) is 10.9. The fraction of sp³-hybridized carbons (Fsp3) is 0.0526. The van der Waals surface area contributed by atoms with Crippen molar-refractivity contribution in [1.29, 1.82) is 0 Å². The molecule has 0 aliphatic rings. The molecule has 4 aromatic rings. The Bertz CT molecular complexity index is 911. The van der Waals surface area contributed by atoms with Gasteiger partial charge in [0.15, 0.2) is 0 Å². The molecule has 0 heterocycles. The fourth-order valence-electron chi connectivity index (χ4n) is 2.98. The van der Waals surface area contributed by atoms with E-state index in [9.17, 15) is 0 Å². The summed E-state index contributed by atoms with van der Waals surface area (Å²) in [4.78, 5) is 0. The average Bonchev–Trinajstić information content (AvgIpc) is 2.51. The molecule has 1 nitrogen and oxygen atoms in total. The zero-order valence-corrected chi connectivity index (χ0v) is 11.1. The van der Waals surface area contributed by atoms with Crippen molar-refractivity contribution in [2.45, 2.75) is 0 Å². The van der Waals surface area contributed by atoms with Crippen molar-refractivity contribution in [3.05, 3.63) is 67.3 Å². The van der Waals surface area contributed by atoms with E-state index in [0.29, 0.717) is 6.61 Å². The van der Waals surface area contributed by atoms with Gasteiger partial charge in [-0.3, -0.25) is 0 Å². The van der Waals surface area contributed by atoms with Crippen LogP contribution in [0.4, 0.5) is 0 Å². The molecule has 0 atom stereocenters. The molecule has 98 valence electrons. The van der Waals surface area contributed by atoms with Crippen molar-refractivity contribution in [3.63, 3.8) is 0 Å². The third kappa shape index (κ3) is 2.22. The molecule has 0 aliphatic heterocycles. The van der Waals surface area contributed by atoms with Crippen molar-refractivity contribution in [3.8, 4) is 5.75 Å². The quantitative estimate of drug-likeness (QED) is 0.305. The maximum absolute atomic E-state index is 5.79. The summed E-state index contributed by atoms with van der Waals surface area (Å²) < 4.78 is 5.79.